The van der Waals surface area contributed by atoms with Crippen molar-refractivity contribution in [2.24, 2.45) is 17.6 Å². The van der Waals surface area contributed by atoms with Crippen molar-refractivity contribution in [3.63, 3.8) is 0 Å². The van der Waals surface area contributed by atoms with E-state index >= 15 is 0 Å². The first-order chi connectivity index (χ1) is 9.10. The standard InChI is InChI=1S/C16H28N2O/c1-4-13-5-6-16(17)15(9-13)11-18(3)10-14-7-8-19-12(14)2/h7-8,13,15-16H,4-6,9-11,17H2,1-3H3. The maximum Gasteiger partial charge on any atom is 0.105 e. The van der Waals surface area contributed by atoms with E-state index < -0.39 is 0 Å². The van der Waals surface area contributed by atoms with E-state index in [1.54, 1.807) is 6.26 Å². The lowest BCUT2D eigenvalue weighted by Crippen LogP contribution is -2.42. The molecule has 1 fully saturated rings. The molecule has 1 aliphatic carbocycles. The van der Waals surface area contributed by atoms with Gasteiger partial charge in [0.05, 0.1) is 6.26 Å². The molecule has 108 valence electrons. The third-order valence-electron chi connectivity index (χ3n) is 4.68. The van der Waals surface area contributed by atoms with Crippen LogP contribution in [0, 0.1) is 18.8 Å². The average molecular weight is 264 g/mol. The van der Waals surface area contributed by atoms with Crippen molar-refractivity contribution < 1.29 is 4.42 Å². The molecule has 1 aromatic rings. The van der Waals surface area contributed by atoms with Gasteiger partial charge in [0.25, 0.3) is 0 Å². The Hall–Kier alpha value is -0.800. The zero-order valence-corrected chi connectivity index (χ0v) is 12.6. The summed E-state index contributed by atoms with van der Waals surface area (Å²) in [6, 6.07) is 2.46. The molecule has 0 spiro atoms. The fourth-order valence-corrected chi connectivity index (χ4v) is 3.30. The van der Waals surface area contributed by atoms with Crippen molar-refractivity contribution in [1.82, 2.24) is 4.90 Å². The Morgan fingerprint density at radius 1 is 1.42 bits per heavy atom. The van der Waals surface area contributed by atoms with E-state index in [1.807, 2.05) is 6.92 Å². The lowest BCUT2D eigenvalue weighted by atomic mass is 9.77. The molecular formula is C16H28N2O. The van der Waals surface area contributed by atoms with E-state index in [2.05, 4.69) is 24.9 Å². The van der Waals surface area contributed by atoms with E-state index in [9.17, 15) is 0 Å². The van der Waals surface area contributed by atoms with Crippen LogP contribution >= 0.6 is 0 Å². The van der Waals surface area contributed by atoms with Crippen LogP contribution < -0.4 is 5.73 Å². The molecule has 3 unspecified atom stereocenters. The second-order valence-electron chi connectivity index (χ2n) is 6.21. The second kappa shape index (κ2) is 6.58. The van der Waals surface area contributed by atoms with Gasteiger partial charge in [-0.05, 0) is 51.1 Å². The minimum absolute atomic E-state index is 0.385. The Morgan fingerprint density at radius 3 is 2.84 bits per heavy atom. The van der Waals surface area contributed by atoms with Crippen LogP contribution in [0.3, 0.4) is 0 Å². The van der Waals surface area contributed by atoms with Gasteiger partial charge >= 0.3 is 0 Å². The molecule has 0 aliphatic heterocycles. The molecule has 3 heteroatoms. The van der Waals surface area contributed by atoms with Gasteiger partial charge < -0.3 is 15.1 Å². The summed E-state index contributed by atoms with van der Waals surface area (Å²) in [5.41, 5.74) is 7.59. The zero-order valence-electron chi connectivity index (χ0n) is 12.6. The summed E-state index contributed by atoms with van der Waals surface area (Å²) in [5.74, 6) is 2.57. The van der Waals surface area contributed by atoms with Gasteiger partial charge in [0.15, 0.2) is 0 Å². The fourth-order valence-electron chi connectivity index (χ4n) is 3.30. The van der Waals surface area contributed by atoms with E-state index in [0.29, 0.717) is 12.0 Å². The molecule has 19 heavy (non-hydrogen) atoms. The van der Waals surface area contributed by atoms with Gasteiger partial charge in [0.1, 0.15) is 5.76 Å². The topological polar surface area (TPSA) is 42.4 Å². The van der Waals surface area contributed by atoms with Gasteiger partial charge in [-0.3, -0.25) is 0 Å². The number of hydrogen-bond acceptors (Lipinski definition) is 3. The molecule has 3 nitrogen and oxygen atoms in total. The third-order valence-corrected chi connectivity index (χ3v) is 4.68. The highest BCUT2D eigenvalue weighted by atomic mass is 16.3. The van der Waals surface area contributed by atoms with Crippen LogP contribution in [0.1, 0.15) is 43.9 Å². The van der Waals surface area contributed by atoms with E-state index in [4.69, 9.17) is 10.2 Å². The Morgan fingerprint density at radius 2 is 2.21 bits per heavy atom. The van der Waals surface area contributed by atoms with Crippen molar-refractivity contribution in [2.75, 3.05) is 13.6 Å². The van der Waals surface area contributed by atoms with E-state index in [-0.39, 0.29) is 0 Å². The van der Waals surface area contributed by atoms with Crippen LogP contribution in [0.2, 0.25) is 0 Å². The summed E-state index contributed by atoms with van der Waals surface area (Å²) in [7, 11) is 2.19. The van der Waals surface area contributed by atoms with Gasteiger partial charge in [-0.2, -0.15) is 0 Å². The third kappa shape index (κ3) is 3.83. The highest BCUT2D eigenvalue weighted by Gasteiger charge is 2.28. The smallest absolute Gasteiger partial charge is 0.105 e. The number of nitrogens with zero attached hydrogens (tertiary/aromatic N) is 1. The molecule has 0 saturated heterocycles. The lowest BCUT2D eigenvalue weighted by Gasteiger charge is -2.36. The van der Waals surface area contributed by atoms with Crippen LogP contribution in [0.15, 0.2) is 16.7 Å². The zero-order chi connectivity index (χ0) is 13.8. The molecule has 1 heterocycles. The first kappa shape index (κ1) is 14.6. The molecular weight excluding hydrogens is 236 g/mol. The Labute approximate surface area is 117 Å². The molecule has 1 aromatic heterocycles. The number of hydrogen-bond donors (Lipinski definition) is 1. The highest BCUT2D eigenvalue weighted by Crippen LogP contribution is 2.31. The predicted octanol–water partition coefficient (Wildman–Crippen LogP) is 3.17. The number of rotatable bonds is 5. The van der Waals surface area contributed by atoms with Crippen LogP contribution in [0.25, 0.3) is 0 Å². The van der Waals surface area contributed by atoms with Crippen LogP contribution in [-0.2, 0) is 6.54 Å². The second-order valence-corrected chi connectivity index (χ2v) is 6.21. The molecule has 0 aromatic carbocycles. The first-order valence-electron chi connectivity index (χ1n) is 7.57. The summed E-state index contributed by atoms with van der Waals surface area (Å²) in [6.45, 7) is 6.39. The molecule has 0 radical (unpaired) electrons. The maximum atomic E-state index is 6.30. The number of furan rings is 1. The lowest BCUT2D eigenvalue weighted by molar-refractivity contribution is 0.168. The first-order valence-corrected chi connectivity index (χ1v) is 7.57. The molecule has 2 N–H and O–H groups in total. The van der Waals surface area contributed by atoms with Crippen molar-refractivity contribution >= 4 is 0 Å². The monoisotopic (exact) mass is 264 g/mol. The minimum atomic E-state index is 0.385. The van der Waals surface area contributed by atoms with Gasteiger partial charge in [-0.1, -0.05) is 13.3 Å². The summed E-state index contributed by atoms with van der Waals surface area (Å²) in [5, 5.41) is 0. The quantitative estimate of drug-likeness (QED) is 0.888. The normalized spacial score (nSPS) is 27.9. The molecule has 1 saturated carbocycles. The van der Waals surface area contributed by atoms with Gasteiger partial charge in [-0.15, -0.1) is 0 Å². The molecule has 0 amide bonds. The fraction of sp³-hybridized carbons (Fsp3) is 0.750. The van der Waals surface area contributed by atoms with Gasteiger partial charge in [0.2, 0.25) is 0 Å². The van der Waals surface area contributed by atoms with Crippen molar-refractivity contribution in [3.05, 3.63) is 23.7 Å². The van der Waals surface area contributed by atoms with Crippen LogP contribution in [0.4, 0.5) is 0 Å². The SMILES string of the molecule is CCC1CCC(N)C(CN(C)Cc2ccoc2C)C1. The summed E-state index contributed by atoms with van der Waals surface area (Å²) >= 11 is 0. The Bertz CT molecular complexity index is 388. The van der Waals surface area contributed by atoms with Crippen molar-refractivity contribution in [1.29, 1.82) is 0 Å². The number of nitrogens with two attached hydrogens (primary N) is 1. The summed E-state index contributed by atoms with van der Waals surface area (Å²) in [4.78, 5) is 2.39. The largest absolute Gasteiger partial charge is 0.469 e. The molecule has 2 rings (SSSR count). The Kier molecular flexibility index (Phi) is 5.06. The Balaban J connectivity index is 1.87. The average Bonchev–Trinajstić information content (AvgIpc) is 2.78. The predicted molar refractivity (Wildman–Crippen MR) is 78.9 cm³/mol. The highest BCUT2D eigenvalue weighted by molar-refractivity contribution is 5.15. The van der Waals surface area contributed by atoms with Crippen molar-refractivity contribution in [3.8, 4) is 0 Å². The number of aryl methyl sites for hydroxylation is 1. The van der Waals surface area contributed by atoms with E-state index in [1.165, 1.54) is 31.2 Å². The van der Waals surface area contributed by atoms with Gasteiger partial charge in [-0.25, -0.2) is 0 Å². The van der Waals surface area contributed by atoms with E-state index in [0.717, 1.165) is 24.8 Å². The van der Waals surface area contributed by atoms with Crippen LogP contribution in [-0.4, -0.2) is 24.5 Å². The van der Waals surface area contributed by atoms with Crippen LogP contribution in [0.5, 0.6) is 0 Å². The minimum Gasteiger partial charge on any atom is -0.469 e. The maximum absolute atomic E-state index is 6.30. The summed E-state index contributed by atoms with van der Waals surface area (Å²) < 4.78 is 5.36. The molecule has 3 atom stereocenters. The molecule has 0 bridgehead atoms. The molecule has 1 aliphatic rings. The van der Waals surface area contributed by atoms with Crippen molar-refractivity contribution in [2.45, 2.75) is 52.1 Å². The van der Waals surface area contributed by atoms with Gasteiger partial charge in [0, 0.05) is 24.7 Å². The summed E-state index contributed by atoms with van der Waals surface area (Å²) in [6.07, 6.45) is 6.89.